The Kier molecular flexibility index (Phi) is 6.81. The molecule has 1 aliphatic heterocycles. The SMILES string of the molecule is CCCNC(=O)C1CCN(C(=O)c2ccc(OCc3cscn3)cc2)CC1. The zero-order chi connectivity index (χ0) is 19.1. The lowest BCUT2D eigenvalue weighted by molar-refractivity contribution is -0.126. The summed E-state index contributed by atoms with van der Waals surface area (Å²) in [5, 5.41) is 4.89. The van der Waals surface area contributed by atoms with Crippen molar-refractivity contribution >= 4 is 23.2 Å². The number of carbonyl (C=O) groups is 2. The molecule has 144 valence electrons. The molecule has 0 aliphatic carbocycles. The number of nitrogens with zero attached hydrogens (tertiary/aromatic N) is 2. The van der Waals surface area contributed by atoms with Crippen molar-refractivity contribution in [2.45, 2.75) is 32.8 Å². The first-order chi connectivity index (χ1) is 13.2. The van der Waals surface area contributed by atoms with Crippen molar-refractivity contribution in [3.8, 4) is 5.75 Å². The normalized spacial score (nSPS) is 14.8. The van der Waals surface area contributed by atoms with Gasteiger partial charge in [-0.25, -0.2) is 4.98 Å². The molecular weight excluding hydrogens is 362 g/mol. The summed E-state index contributed by atoms with van der Waals surface area (Å²) in [7, 11) is 0. The van der Waals surface area contributed by atoms with Crippen molar-refractivity contribution in [1.29, 1.82) is 0 Å². The number of piperidine rings is 1. The van der Waals surface area contributed by atoms with Gasteiger partial charge in [-0.1, -0.05) is 6.92 Å². The Morgan fingerprint density at radius 3 is 2.63 bits per heavy atom. The van der Waals surface area contributed by atoms with Gasteiger partial charge in [0.1, 0.15) is 12.4 Å². The molecule has 2 amide bonds. The summed E-state index contributed by atoms with van der Waals surface area (Å²) in [5.74, 6) is 0.854. The van der Waals surface area contributed by atoms with Crippen LogP contribution in [0.2, 0.25) is 0 Å². The van der Waals surface area contributed by atoms with Crippen molar-refractivity contribution in [1.82, 2.24) is 15.2 Å². The molecule has 3 rings (SSSR count). The molecular formula is C20H25N3O3S. The van der Waals surface area contributed by atoms with Crippen LogP contribution in [0, 0.1) is 5.92 Å². The molecule has 0 radical (unpaired) electrons. The Labute approximate surface area is 163 Å². The van der Waals surface area contributed by atoms with Gasteiger partial charge in [-0.2, -0.15) is 0 Å². The highest BCUT2D eigenvalue weighted by Gasteiger charge is 2.27. The lowest BCUT2D eigenvalue weighted by Gasteiger charge is -2.31. The zero-order valence-electron chi connectivity index (χ0n) is 15.5. The third-order valence-corrected chi connectivity index (χ3v) is 5.31. The predicted octanol–water partition coefficient (Wildman–Crippen LogP) is 3.10. The van der Waals surface area contributed by atoms with Crippen LogP contribution in [0.1, 0.15) is 42.2 Å². The molecule has 1 saturated heterocycles. The van der Waals surface area contributed by atoms with Gasteiger partial charge in [-0.3, -0.25) is 9.59 Å². The Morgan fingerprint density at radius 1 is 1.26 bits per heavy atom. The van der Waals surface area contributed by atoms with Gasteiger partial charge in [0, 0.05) is 36.5 Å². The van der Waals surface area contributed by atoms with Crippen LogP contribution < -0.4 is 10.1 Å². The molecule has 0 bridgehead atoms. The smallest absolute Gasteiger partial charge is 0.253 e. The molecule has 1 aromatic heterocycles. The minimum absolute atomic E-state index is 0.00784. The highest BCUT2D eigenvalue weighted by Crippen LogP contribution is 2.21. The zero-order valence-corrected chi connectivity index (χ0v) is 16.3. The second-order valence-electron chi connectivity index (χ2n) is 6.65. The van der Waals surface area contributed by atoms with Crippen molar-refractivity contribution in [3.05, 3.63) is 46.4 Å². The van der Waals surface area contributed by atoms with E-state index in [4.69, 9.17) is 4.74 Å². The monoisotopic (exact) mass is 387 g/mol. The first kappa shape index (κ1) is 19.4. The van der Waals surface area contributed by atoms with Gasteiger partial charge in [0.2, 0.25) is 5.91 Å². The number of thiazole rings is 1. The largest absolute Gasteiger partial charge is 0.487 e. The molecule has 1 aromatic carbocycles. The summed E-state index contributed by atoms with van der Waals surface area (Å²) < 4.78 is 5.68. The number of hydrogen-bond acceptors (Lipinski definition) is 5. The van der Waals surface area contributed by atoms with E-state index >= 15 is 0 Å². The van der Waals surface area contributed by atoms with E-state index in [1.807, 2.05) is 29.3 Å². The molecule has 0 spiro atoms. The fourth-order valence-electron chi connectivity index (χ4n) is 3.08. The van der Waals surface area contributed by atoms with E-state index in [2.05, 4.69) is 10.3 Å². The fraction of sp³-hybridized carbons (Fsp3) is 0.450. The standard InChI is InChI=1S/C20H25N3O3S/c1-2-9-21-19(24)15-7-10-23(11-8-15)20(25)16-3-5-18(6-4-16)26-12-17-13-27-14-22-17/h3-6,13-15H,2,7-12H2,1H3,(H,21,24). The van der Waals surface area contributed by atoms with Crippen LogP contribution in [0.4, 0.5) is 0 Å². The third kappa shape index (κ3) is 5.29. The predicted molar refractivity (Wildman–Crippen MR) is 105 cm³/mol. The Bertz CT molecular complexity index is 738. The van der Waals surface area contributed by atoms with Gasteiger partial charge >= 0.3 is 0 Å². The number of rotatable bonds is 7. The molecule has 1 fully saturated rings. The summed E-state index contributed by atoms with van der Waals surface area (Å²) >= 11 is 1.54. The van der Waals surface area contributed by atoms with E-state index in [1.165, 1.54) is 11.3 Å². The van der Waals surface area contributed by atoms with E-state index in [-0.39, 0.29) is 17.7 Å². The minimum Gasteiger partial charge on any atom is -0.487 e. The van der Waals surface area contributed by atoms with E-state index in [0.717, 1.165) is 31.5 Å². The molecule has 0 atom stereocenters. The van der Waals surface area contributed by atoms with E-state index in [0.29, 0.717) is 31.0 Å². The van der Waals surface area contributed by atoms with Crippen LogP contribution in [-0.4, -0.2) is 41.3 Å². The summed E-state index contributed by atoms with van der Waals surface area (Å²) in [5.41, 5.74) is 3.31. The van der Waals surface area contributed by atoms with Gasteiger partial charge in [0.15, 0.2) is 0 Å². The van der Waals surface area contributed by atoms with Gasteiger partial charge in [-0.15, -0.1) is 11.3 Å². The molecule has 1 aliphatic rings. The van der Waals surface area contributed by atoms with Crippen LogP contribution in [0.3, 0.4) is 0 Å². The Balaban J connectivity index is 1.48. The van der Waals surface area contributed by atoms with Crippen molar-refractivity contribution in [2.24, 2.45) is 5.92 Å². The second-order valence-corrected chi connectivity index (χ2v) is 7.37. The maximum absolute atomic E-state index is 12.7. The minimum atomic E-state index is 0.00784. The lowest BCUT2D eigenvalue weighted by atomic mass is 9.95. The molecule has 27 heavy (non-hydrogen) atoms. The summed E-state index contributed by atoms with van der Waals surface area (Å²) in [6, 6.07) is 7.20. The molecule has 6 nitrogen and oxygen atoms in total. The van der Waals surface area contributed by atoms with Crippen LogP contribution in [0.5, 0.6) is 5.75 Å². The number of benzene rings is 1. The topological polar surface area (TPSA) is 71.5 Å². The number of likely N-dealkylation sites (tertiary alicyclic amines) is 1. The maximum Gasteiger partial charge on any atom is 0.253 e. The second kappa shape index (κ2) is 9.50. The molecule has 7 heteroatoms. The first-order valence-corrected chi connectivity index (χ1v) is 10.3. The fourth-order valence-corrected chi connectivity index (χ4v) is 3.62. The number of ether oxygens (including phenoxy) is 1. The van der Waals surface area contributed by atoms with Crippen LogP contribution in [0.25, 0.3) is 0 Å². The number of amides is 2. The van der Waals surface area contributed by atoms with E-state index < -0.39 is 0 Å². The summed E-state index contributed by atoms with van der Waals surface area (Å²) in [4.78, 5) is 30.7. The van der Waals surface area contributed by atoms with Gasteiger partial charge < -0.3 is 15.0 Å². The highest BCUT2D eigenvalue weighted by molar-refractivity contribution is 7.07. The highest BCUT2D eigenvalue weighted by atomic mass is 32.1. The number of nitrogens with one attached hydrogen (secondary N) is 1. The van der Waals surface area contributed by atoms with Crippen LogP contribution >= 0.6 is 11.3 Å². The molecule has 0 saturated carbocycles. The van der Waals surface area contributed by atoms with Crippen molar-refractivity contribution in [3.63, 3.8) is 0 Å². The number of aromatic nitrogens is 1. The first-order valence-electron chi connectivity index (χ1n) is 9.34. The van der Waals surface area contributed by atoms with Crippen molar-refractivity contribution < 1.29 is 14.3 Å². The Morgan fingerprint density at radius 2 is 2.00 bits per heavy atom. The van der Waals surface area contributed by atoms with Crippen molar-refractivity contribution in [2.75, 3.05) is 19.6 Å². The summed E-state index contributed by atoms with van der Waals surface area (Å²) in [6.45, 7) is 4.41. The molecule has 0 unspecified atom stereocenters. The van der Waals surface area contributed by atoms with Crippen LogP contribution in [-0.2, 0) is 11.4 Å². The summed E-state index contributed by atoms with van der Waals surface area (Å²) in [6.07, 6.45) is 2.37. The van der Waals surface area contributed by atoms with Gasteiger partial charge in [0.05, 0.1) is 11.2 Å². The van der Waals surface area contributed by atoms with E-state index in [1.54, 1.807) is 17.6 Å². The lowest BCUT2D eigenvalue weighted by Crippen LogP contribution is -2.43. The number of hydrogen-bond donors (Lipinski definition) is 1. The van der Waals surface area contributed by atoms with E-state index in [9.17, 15) is 9.59 Å². The number of carbonyl (C=O) groups excluding carboxylic acids is 2. The quantitative estimate of drug-likeness (QED) is 0.792. The molecule has 1 N–H and O–H groups in total. The Hall–Kier alpha value is -2.41. The average Bonchev–Trinajstić information content (AvgIpc) is 3.24. The maximum atomic E-state index is 12.7. The van der Waals surface area contributed by atoms with Gasteiger partial charge in [0.25, 0.3) is 5.91 Å². The van der Waals surface area contributed by atoms with Gasteiger partial charge in [-0.05, 0) is 43.5 Å². The molecule has 2 heterocycles. The van der Waals surface area contributed by atoms with Crippen LogP contribution in [0.15, 0.2) is 35.2 Å². The molecule has 2 aromatic rings. The third-order valence-electron chi connectivity index (χ3n) is 4.67. The average molecular weight is 388 g/mol.